The van der Waals surface area contributed by atoms with Gasteiger partial charge in [0.25, 0.3) is 5.91 Å². The summed E-state index contributed by atoms with van der Waals surface area (Å²) >= 11 is 6.26. The molecular weight excluding hydrogens is 378 g/mol. The van der Waals surface area contributed by atoms with Crippen LogP contribution in [0.2, 0.25) is 5.02 Å². The van der Waals surface area contributed by atoms with Crippen molar-refractivity contribution in [1.29, 1.82) is 0 Å². The second-order valence-electron chi connectivity index (χ2n) is 6.82. The number of amides is 1. The molecule has 2 aliphatic heterocycles. The summed E-state index contributed by atoms with van der Waals surface area (Å²) in [7, 11) is 0. The number of fused-ring (bicyclic) bond motifs is 1. The molecule has 1 atom stereocenters. The van der Waals surface area contributed by atoms with E-state index in [0.717, 1.165) is 24.2 Å². The first kappa shape index (κ1) is 19.1. The molecule has 1 amide bonds. The van der Waals surface area contributed by atoms with Crippen LogP contribution < -0.4 is 4.90 Å². The van der Waals surface area contributed by atoms with Crippen LogP contribution in [0.3, 0.4) is 0 Å². The van der Waals surface area contributed by atoms with Gasteiger partial charge in [0.15, 0.2) is 0 Å². The summed E-state index contributed by atoms with van der Waals surface area (Å²) in [6.45, 7) is 4.23. The largest absolute Gasteiger partial charge is 0.379 e. The first-order chi connectivity index (χ1) is 13.6. The number of benzodiazepines with no additional fused rings is 1. The lowest BCUT2D eigenvalue weighted by Gasteiger charge is -2.30. The van der Waals surface area contributed by atoms with Gasteiger partial charge in [0, 0.05) is 42.3 Å². The second-order valence-corrected chi connectivity index (χ2v) is 7.26. The van der Waals surface area contributed by atoms with Gasteiger partial charge in [-0.25, -0.2) is 4.99 Å². The molecule has 1 saturated heterocycles. The normalized spacial score (nSPS) is 20.5. The molecule has 0 radical (unpaired) electrons. The predicted molar refractivity (Wildman–Crippen MR) is 109 cm³/mol. The molecule has 0 aromatic heterocycles. The summed E-state index contributed by atoms with van der Waals surface area (Å²) in [5, 5.41) is 11.0. The molecule has 1 unspecified atom stereocenters. The molecular formula is C21H22ClN3O3. The van der Waals surface area contributed by atoms with E-state index in [-0.39, 0.29) is 0 Å². The van der Waals surface area contributed by atoms with E-state index in [1.807, 2.05) is 36.4 Å². The van der Waals surface area contributed by atoms with Crippen molar-refractivity contribution in [3.63, 3.8) is 0 Å². The summed E-state index contributed by atoms with van der Waals surface area (Å²) in [5.41, 5.74) is 2.84. The summed E-state index contributed by atoms with van der Waals surface area (Å²) in [5.74, 6) is -0.428. The van der Waals surface area contributed by atoms with Crippen LogP contribution in [0.5, 0.6) is 0 Å². The summed E-state index contributed by atoms with van der Waals surface area (Å²) in [6.07, 6.45) is -1.45. The van der Waals surface area contributed by atoms with E-state index in [4.69, 9.17) is 16.3 Å². The Balaban J connectivity index is 1.71. The number of aliphatic hydroxyl groups excluding tert-OH is 1. The Bertz CT molecular complexity index is 882. The number of aliphatic hydroxyl groups is 1. The van der Waals surface area contributed by atoms with Gasteiger partial charge in [-0.3, -0.25) is 9.69 Å². The zero-order chi connectivity index (χ0) is 19.5. The van der Waals surface area contributed by atoms with Crippen LogP contribution in [0.15, 0.2) is 53.5 Å². The number of anilines is 1. The highest BCUT2D eigenvalue weighted by Gasteiger charge is 2.31. The molecule has 0 spiro atoms. The van der Waals surface area contributed by atoms with Crippen molar-refractivity contribution < 1.29 is 14.6 Å². The van der Waals surface area contributed by atoms with E-state index in [0.29, 0.717) is 42.7 Å². The van der Waals surface area contributed by atoms with Crippen molar-refractivity contribution in [2.45, 2.75) is 6.23 Å². The number of nitrogens with zero attached hydrogens (tertiary/aromatic N) is 3. The molecule has 2 aromatic rings. The predicted octanol–water partition coefficient (Wildman–Crippen LogP) is 2.17. The molecule has 7 heteroatoms. The molecule has 2 heterocycles. The van der Waals surface area contributed by atoms with Gasteiger partial charge in [-0.05, 0) is 18.2 Å². The van der Waals surface area contributed by atoms with Crippen molar-refractivity contribution in [1.82, 2.24) is 4.90 Å². The summed E-state index contributed by atoms with van der Waals surface area (Å²) in [6, 6.07) is 14.9. The number of hydrogen-bond acceptors (Lipinski definition) is 5. The Hall–Kier alpha value is -2.25. The SMILES string of the molecule is O=C1C(O)N=C(c2ccccc2)c2cc(Cl)ccc2N1CCN1CCOCC1. The zero-order valence-corrected chi connectivity index (χ0v) is 16.2. The first-order valence-electron chi connectivity index (χ1n) is 9.36. The van der Waals surface area contributed by atoms with Gasteiger partial charge in [-0.2, -0.15) is 0 Å². The van der Waals surface area contributed by atoms with Crippen LogP contribution in [0.25, 0.3) is 0 Å². The lowest BCUT2D eigenvalue weighted by atomic mass is 10.00. The minimum atomic E-state index is -1.45. The Labute approximate surface area is 169 Å². The Morgan fingerprint density at radius 3 is 2.61 bits per heavy atom. The maximum absolute atomic E-state index is 12.9. The zero-order valence-electron chi connectivity index (χ0n) is 15.4. The van der Waals surface area contributed by atoms with Gasteiger partial charge in [0.05, 0.1) is 24.6 Å². The Morgan fingerprint density at radius 2 is 1.86 bits per heavy atom. The molecule has 1 N–H and O–H groups in total. The van der Waals surface area contributed by atoms with E-state index in [2.05, 4.69) is 9.89 Å². The first-order valence-corrected chi connectivity index (χ1v) is 9.74. The van der Waals surface area contributed by atoms with Gasteiger partial charge in [-0.15, -0.1) is 0 Å². The second kappa shape index (κ2) is 8.41. The van der Waals surface area contributed by atoms with Crippen LogP contribution in [0.1, 0.15) is 11.1 Å². The smallest absolute Gasteiger partial charge is 0.278 e. The number of benzene rings is 2. The molecule has 0 saturated carbocycles. The maximum Gasteiger partial charge on any atom is 0.278 e. The maximum atomic E-state index is 12.9. The van der Waals surface area contributed by atoms with Crippen molar-refractivity contribution >= 4 is 28.9 Å². The van der Waals surface area contributed by atoms with Crippen LogP contribution in [0, 0.1) is 0 Å². The molecule has 0 bridgehead atoms. The number of rotatable bonds is 4. The topological polar surface area (TPSA) is 65.4 Å². The number of halogens is 1. The van der Waals surface area contributed by atoms with E-state index in [1.165, 1.54) is 0 Å². The van der Waals surface area contributed by atoms with Gasteiger partial charge in [-0.1, -0.05) is 41.9 Å². The average molecular weight is 400 g/mol. The lowest BCUT2D eigenvalue weighted by molar-refractivity contribution is -0.126. The van der Waals surface area contributed by atoms with Crippen LogP contribution in [0.4, 0.5) is 5.69 Å². The molecule has 28 heavy (non-hydrogen) atoms. The van der Waals surface area contributed by atoms with E-state index >= 15 is 0 Å². The highest BCUT2D eigenvalue weighted by molar-refractivity contribution is 6.32. The number of ether oxygens (including phenoxy) is 1. The van der Waals surface area contributed by atoms with E-state index in [9.17, 15) is 9.90 Å². The molecule has 0 aliphatic carbocycles. The van der Waals surface area contributed by atoms with Crippen molar-refractivity contribution in [2.75, 3.05) is 44.3 Å². The summed E-state index contributed by atoms with van der Waals surface area (Å²) < 4.78 is 5.39. The fourth-order valence-corrected chi connectivity index (χ4v) is 3.73. The highest BCUT2D eigenvalue weighted by atomic mass is 35.5. The average Bonchev–Trinajstić information content (AvgIpc) is 2.83. The third-order valence-electron chi connectivity index (χ3n) is 5.03. The quantitative estimate of drug-likeness (QED) is 0.855. The molecule has 1 fully saturated rings. The summed E-state index contributed by atoms with van der Waals surface area (Å²) in [4.78, 5) is 21.1. The van der Waals surface area contributed by atoms with Gasteiger partial charge >= 0.3 is 0 Å². The van der Waals surface area contributed by atoms with Crippen LogP contribution >= 0.6 is 11.6 Å². The lowest BCUT2D eigenvalue weighted by Crippen LogP contribution is -2.45. The Morgan fingerprint density at radius 1 is 1.11 bits per heavy atom. The molecule has 146 valence electrons. The molecule has 2 aliphatic rings. The van der Waals surface area contributed by atoms with Crippen LogP contribution in [-0.2, 0) is 9.53 Å². The minimum absolute atomic E-state index is 0.428. The number of carbonyl (C=O) groups excluding carboxylic acids is 1. The number of carbonyl (C=O) groups is 1. The van der Waals surface area contributed by atoms with Gasteiger partial charge < -0.3 is 14.7 Å². The van der Waals surface area contributed by atoms with Gasteiger partial charge in [0.1, 0.15) is 0 Å². The highest BCUT2D eigenvalue weighted by Crippen LogP contribution is 2.30. The fraction of sp³-hybridized carbons (Fsp3) is 0.333. The van der Waals surface area contributed by atoms with Crippen molar-refractivity contribution in [3.8, 4) is 0 Å². The number of aliphatic imine (C=N–C) groups is 1. The monoisotopic (exact) mass is 399 g/mol. The Kier molecular flexibility index (Phi) is 5.73. The third-order valence-corrected chi connectivity index (χ3v) is 5.27. The molecule has 6 nitrogen and oxygen atoms in total. The van der Waals surface area contributed by atoms with E-state index in [1.54, 1.807) is 17.0 Å². The van der Waals surface area contributed by atoms with Gasteiger partial charge in [0.2, 0.25) is 6.23 Å². The van der Waals surface area contributed by atoms with E-state index < -0.39 is 12.1 Å². The number of hydrogen-bond donors (Lipinski definition) is 1. The number of morpholine rings is 1. The van der Waals surface area contributed by atoms with Crippen molar-refractivity contribution in [2.24, 2.45) is 4.99 Å². The molecule has 4 rings (SSSR count). The van der Waals surface area contributed by atoms with Crippen molar-refractivity contribution in [3.05, 3.63) is 64.7 Å². The fourth-order valence-electron chi connectivity index (χ4n) is 3.56. The standard InChI is InChI=1S/C21H22ClN3O3/c22-16-6-7-18-17(14-16)19(15-4-2-1-3-5-15)23-20(26)21(27)25(18)9-8-24-10-12-28-13-11-24/h1-7,14,20,26H,8-13H2. The molecule has 2 aromatic carbocycles. The van der Waals surface area contributed by atoms with Crippen LogP contribution in [-0.4, -0.2) is 67.2 Å². The minimum Gasteiger partial charge on any atom is -0.379 e. The third kappa shape index (κ3) is 3.95.